The molecule has 0 unspecified atom stereocenters. The van der Waals surface area contributed by atoms with Crippen LogP contribution in [0.25, 0.3) is 16.3 Å². The van der Waals surface area contributed by atoms with Gasteiger partial charge in [-0.25, -0.2) is 4.90 Å². The number of carbonyl (C=O) groups is 2. The summed E-state index contributed by atoms with van der Waals surface area (Å²) in [7, 11) is 0. The van der Waals surface area contributed by atoms with Gasteiger partial charge in [-0.2, -0.15) is 0 Å². The summed E-state index contributed by atoms with van der Waals surface area (Å²) in [5.41, 5.74) is 4.75. The van der Waals surface area contributed by atoms with Crippen molar-refractivity contribution in [3.8, 4) is 0 Å². The molecule has 0 aliphatic carbocycles. The predicted octanol–water partition coefficient (Wildman–Crippen LogP) is 4.84. The summed E-state index contributed by atoms with van der Waals surface area (Å²) < 4.78 is 0. The van der Waals surface area contributed by atoms with Gasteiger partial charge in [0.15, 0.2) is 0 Å². The molecule has 0 aromatic heterocycles. The molecule has 0 bridgehead atoms. The molecule has 150 valence electrons. The van der Waals surface area contributed by atoms with E-state index in [4.69, 9.17) is 0 Å². The maximum Gasteiger partial charge on any atom is 0.282 e. The fourth-order valence-electron chi connectivity index (χ4n) is 4.71. The summed E-state index contributed by atoms with van der Waals surface area (Å²) in [5, 5.41) is 1.92. The average molecular weight is 396 g/mol. The first-order chi connectivity index (χ1) is 14.6. The molecule has 3 aromatic rings. The van der Waals surface area contributed by atoms with Crippen LogP contribution < -0.4 is 4.90 Å². The molecule has 0 atom stereocenters. The number of imide groups is 1. The lowest BCUT2D eigenvalue weighted by molar-refractivity contribution is -0.120. The first-order valence-corrected chi connectivity index (χ1v) is 10.5. The highest BCUT2D eigenvalue weighted by Gasteiger charge is 2.43. The summed E-state index contributed by atoms with van der Waals surface area (Å²) in [5.74, 6) is -0.446. The minimum Gasteiger partial charge on any atom is -0.366 e. The number of anilines is 1. The number of amides is 2. The van der Waals surface area contributed by atoms with Crippen molar-refractivity contribution in [2.24, 2.45) is 0 Å². The summed E-state index contributed by atoms with van der Waals surface area (Å²) in [4.78, 5) is 31.0. The van der Waals surface area contributed by atoms with Gasteiger partial charge in [0.25, 0.3) is 11.8 Å². The molecule has 2 amide bonds. The van der Waals surface area contributed by atoms with Crippen molar-refractivity contribution in [2.75, 3.05) is 18.0 Å². The van der Waals surface area contributed by atoms with Crippen LogP contribution in [0.5, 0.6) is 0 Å². The maximum absolute atomic E-state index is 13.8. The second kappa shape index (κ2) is 7.13. The second-order valence-electron chi connectivity index (χ2n) is 8.18. The smallest absolute Gasteiger partial charge is 0.282 e. The van der Waals surface area contributed by atoms with E-state index in [-0.39, 0.29) is 11.8 Å². The van der Waals surface area contributed by atoms with Gasteiger partial charge in [0, 0.05) is 18.5 Å². The van der Waals surface area contributed by atoms with Crippen molar-refractivity contribution in [1.82, 2.24) is 4.90 Å². The van der Waals surface area contributed by atoms with Crippen molar-refractivity contribution < 1.29 is 9.59 Å². The third kappa shape index (κ3) is 2.83. The Morgan fingerprint density at radius 2 is 1.53 bits per heavy atom. The number of fused-ring (bicyclic) bond motifs is 1. The minimum absolute atomic E-state index is 0.215. The molecule has 30 heavy (non-hydrogen) atoms. The van der Waals surface area contributed by atoms with Crippen molar-refractivity contribution in [2.45, 2.75) is 26.7 Å². The van der Waals surface area contributed by atoms with Gasteiger partial charge in [-0.15, -0.1) is 0 Å². The molecular formula is C26H24N2O2. The van der Waals surface area contributed by atoms with Crippen molar-refractivity contribution in [3.63, 3.8) is 0 Å². The van der Waals surface area contributed by atoms with Gasteiger partial charge in [0.05, 0.1) is 11.3 Å². The van der Waals surface area contributed by atoms with Gasteiger partial charge in [0.2, 0.25) is 0 Å². The molecular weight excluding hydrogens is 372 g/mol. The molecule has 5 rings (SSSR count). The van der Waals surface area contributed by atoms with Crippen LogP contribution >= 0.6 is 0 Å². The van der Waals surface area contributed by atoms with Gasteiger partial charge >= 0.3 is 0 Å². The molecule has 0 saturated carbocycles. The fourth-order valence-corrected chi connectivity index (χ4v) is 4.71. The van der Waals surface area contributed by atoms with Gasteiger partial charge in [-0.3, -0.25) is 9.59 Å². The predicted molar refractivity (Wildman–Crippen MR) is 120 cm³/mol. The van der Waals surface area contributed by atoms with E-state index in [1.807, 2.05) is 68.4 Å². The Bertz CT molecular complexity index is 1210. The van der Waals surface area contributed by atoms with E-state index >= 15 is 0 Å². The number of carbonyl (C=O) groups excluding carboxylic acids is 2. The molecule has 2 aliphatic rings. The molecule has 2 heterocycles. The lowest BCUT2D eigenvalue weighted by Gasteiger charge is -2.21. The maximum atomic E-state index is 13.8. The second-order valence-corrected chi connectivity index (χ2v) is 8.18. The normalized spacial score (nSPS) is 17.0. The molecule has 0 radical (unpaired) electrons. The molecule has 4 nitrogen and oxygen atoms in total. The topological polar surface area (TPSA) is 40.6 Å². The Kier molecular flexibility index (Phi) is 4.43. The van der Waals surface area contributed by atoms with Crippen LogP contribution in [0.4, 0.5) is 5.69 Å². The molecule has 2 aliphatic heterocycles. The van der Waals surface area contributed by atoms with Crippen LogP contribution in [0, 0.1) is 13.8 Å². The Labute approximate surface area is 176 Å². The van der Waals surface area contributed by atoms with E-state index < -0.39 is 0 Å². The Balaban J connectivity index is 1.71. The van der Waals surface area contributed by atoms with Crippen molar-refractivity contribution >= 4 is 33.8 Å². The third-order valence-corrected chi connectivity index (χ3v) is 6.14. The zero-order valence-corrected chi connectivity index (χ0v) is 17.3. The minimum atomic E-state index is -0.231. The lowest BCUT2D eigenvalue weighted by Crippen LogP contribution is -2.34. The highest BCUT2D eigenvalue weighted by atomic mass is 16.2. The largest absolute Gasteiger partial charge is 0.366 e. The Hall–Kier alpha value is -3.40. The number of nitrogens with zero attached hydrogens (tertiary/aromatic N) is 2. The van der Waals surface area contributed by atoms with Crippen LogP contribution in [0.2, 0.25) is 0 Å². The number of aryl methyl sites for hydroxylation is 2. The molecule has 1 saturated heterocycles. The molecule has 4 heteroatoms. The first-order valence-electron chi connectivity index (χ1n) is 10.5. The molecule has 3 aromatic carbocycles. The van der Waals surface area contributed by atoms with Crippen LogP contribution in [-0.4, -0.2) is 29.8 Å². The third-order valence-electron chi connectivity index (χ3n) is 6.14. The number of likely N-dealkylation sites (tertiary alicyclic amines) is 1. The Morgan fingerprint density at radius 1 is 0.800 bits per heavy atom. The molecule has 1 fully saturated rings. The van der Waals surface area contributed by atoms with Gasteiger partial charge in [0.1, 0.15) is 5.70 Å². The van der Waals surface area contributed by atoms with E-state index in [0.717, 1.165) is 53.4 Å². The summed E-state index contributed by atoms with van der Waals surface area (Å²) in [6.07, 6.45) is 2.08. The fraction of sp³-hybridized carbons (Fsp3) is 0.231. The van der Waals surface area contributed by atoms with Crippen LogP contribution in [0.3, 0.4) is 0 Å². The van der Waals surface area contributed by atoms with Crippen LogP contribution in [0.15, 0.2) is 66.4 Å². The van der Waals surface area contributed by atoms with E-state index in [0.29, 0.717) is 17.0 Å². The van der Waals surface area contributed by atoms with Crippen LogP contribution in [-0.2, 0) is 9.59 Å². The molecule has 0 N–H and O–H groups in total. The van der Waals surface area contributed by atoms with Crippen molar-refractivity contribution in [1.29, 1.82) is 0 Å². The SMILES string of the molecule is Cc1ccc(C2=C(N3CCCC3)C(=O)N(c3cccc4ccccc34)C2=O)c(C)c1. The standard InChI is InChI=1S/C26H24N2O2/c1-17-12-13-20(18(2)16-17)23-24(27-14-5-6-15-27)26(30)28(25(23)29)22-11-7-9-19-8-3-4-10-21(19)22/h3-4,7-13,16H,5-6,14-15H2,1-2H3. The zero-order chi connectivity index (χ0) is 20.8. The summed E-state index contributed by atoms with van der Waals surface area (Å²) >= 11 is 0. The van der Waals surface area contributed by atoms with E-state index in [1.54, 1.807) is 0 Å². The Morgan fingerprint density at radius 3 is 2.30 bits per heavy atom. The van der Waals surface area contributed by atoms with E-state index in [9.17, 15) is 9.59 Å². The van der Waals surface area contributed by atoms with Gasteiger partial charge in [-0.05, 0) is 49.3 Å². The van der Waals surface area contributed by atoms with Crippen LogP contribution in [0.1, 0.15) is 29.5 Å². The quantitative estimate of drug-likeness (QED) is 0.595. The summed E-state index contributed by atoms with van der Waals surface area (Å²) in [6, 6.07) is 19.7. The first kappa shape index (κ1) is 18.6. The van der Waals surface area contributed by atoms with E-state index in [2.05, 4.69) is 11.0 Å². The van der Waals surface area contributed by atoms with Gasteiger partial charge < -0.3 is 4.90 Å². The average Bonchev–Trinajstić information content (AvgIpc) is 3.34. The highest BCUT2D eigenvalue weighted by molar-refractivity contribution is 6.46. The number of rotatable bonds is 3. The van der Waals surface area contributed by atoms with Crippen molar-refractivity contribution in [3.05, 3.63) is 83.1 Å². The lowest BCUT2D eigenvalue weighted by atomic mass is 9.97. The van der Waals surface area contributed by atoms with Gasteiger partial charge in [-0.1, -0.05) is 60.2 Å². The number of benzene rings is 3. The highest BCUT2D eigenvalue weighted by Crippen LogP contribution is 2.39. The van der Waals surface area contributed by atoms with E-state index in [1.165, 1.54) is 4.90 Å². The number of hydrogen-bond donors (Lipinski definition) is 0. The summed E-state index contributed by atoms with van der Waals surface area (Å²) in [6.45, 7) is 5.67. The zero-order valence-electron chi connectivity index (χ0n) is 17.3. The monoisotopic (exact) mass is 396 g/mol. The molecule has 0 spiro atoms. The number of hydrogen-bond acceptors (Lipinski definition) is 3.